The molecule has 2 aromatic rings. The summed E-state index contributed by atoms with van der Waals surface area (Å²) in [4.78, 5) is 0.917. The van der Waals surface area contributed by atoms with E-state index in [4.69, 9.17) is 23.2 Å². The molecular weight excluding hydrogens is 296 g/mol. The Bertz CT molecular complexity index is 559. The maximum Gasteiger partial charge on any atom is 0.142 e. The zero-order chi connectivity index (χ0) is 13.1. The first-order valence-corrected chi connectivity index (χ1v) is 6.83. The van der Waals surface area contributed by atoms with E-state index in [-0.39, 0.29) is 5.02 Å². The molecule has 7 heteroatoms. The van der Waals surface area contributed by atoms with Crippen LogP contribution in [0.15, 0.2) is 12.1 Å². The number of aromatic nitrogens is 2. The van der Waals surface area contributed by atoms with Crippen molar-refractivity contribution in [1.82, 2.24) is 14.9 Å². The summed E-state index contributed by atoms with van der Waals surface area (Å²) in [7, 11) is 0. The molecule has 0 atom stereocenters. The Morgan fingerprint density at radius 1 is 1.33 bits per heavy atom. The van der Waals surface area contributed by atoms with Crippen molar-refractivity contribution in [3.8, 4) is 11.3 Å². The molecule has 0 aliphatic carbocycles. The van der Waals surface area contributed by atoms with Crippen molar-refractivity contribution in [2.24, 2.45) is 0 Å². The van der Waals surface area contributed by atoms with Gasteiger partial charge in [0, 0.05) is 12.1 Å². The van der Waals surface area contributed by atoms with Crippen LogP contribution in [0.3, 0.4) is 0 Å². The fourth-order valence-corrected chi connectivity index (χ4v) is 2.57. The second kappa shape index (κ2) is 5.93. The standard InChI is InChI=1S/C11H10Cl2FN3S/c1-2-15-5-10-11(16-17-18-10)6-3-9(14)8(13)4-7(6)12/h3-4,15H,2,5H2,1H3. The van der Waals surface area contributed by atoms with Crippen molar-refractivity contribution in [1.29, 1.82) is 0 Å². The average Bonchev–Trinajstić information content (AvgIpc) is 2.79. The maximum atomic E-state index is 13.5. The van der Waals surface area contributed by atoms with E-state index in [1.165, 1.54) is 23.7 Å². The normalized spacial score (nSPS) is 10.9. The van der Waals surface area contributed by atoms with Crippen molar-refractivity contribution in [3.05, 3.63) is 32.9 Å². The van der Waals surface area contributed by atoms with Gasteiger partial charge in [-0.3, -0.25) is 0 Å². The van der Waals surface area contributed by atoms with Gasteiger partial charge in [0.15, 0.2) is 0 Å². The van der Waals surface area contributed by atoms with Crippen molar-refractivity contribution < 1.29 is 4.39 Å². The molecule has 0 aliphatic rings. The van der Waals surface area contributed by atoms with E-state index >= 15 is 0 Å². The molecule has 1 N–H and O–H groups in total. The molecule has 0 saturated heterocycles. The fraction of sp³-hybridized carbons (Fsp3) is 0.273. The van der Waals surface area contributed by atoms with E-state index < -0.39 is 5.82 Å². The van der Waals surface area contributed by atoms with Gasteiger partial charge in [-0.15, -0.1) is 5.10 Å². The zero-order valence-electron chi connectivity index (χ0n) is 9.51. The molecular formula is C11H10Cl2FN3S. The second-order valence-electron chi connectivity index (χ2n) is 3.57. The van der Waals surface area contributed by atoms with E-state index in [0.29, 0.717) is 22.8 Å². The molecule has 3 nitrogen and oxygen atoms in total. The molecule has 0 amide bonds. The molecule has 0 spiro atoms. The minimum absolute atomic E-state index is 0.000159. The van der Waals surface area contributed by atoms with E-state index in [0.717, 1.165) is 11.4 Å². The molecule has 0 aliphatic heterocycles. The lowest BCUT2D eigenvalue weighted by Crippen LogP contribution is -2.11. The Kier molecular flexibility index (Phi) is 4.50. The van der Waals surface area contributed by atoms with Crippen LogP contribution in [0.2, 0.25) is 10.0 Å². The van der Waals surface area contributed by atoms with Gasteiger partial charge in [-0.25, -0.2) is 4.39 Å². The van der Waals surface area contributed by atoms with Crippen LogP contribution in [0.1, 0.15) is 11.8 Å². The SMILES string of the molecule is CCNCc1snnc1-c1cc(F)c(Cl)cc1Cl. The van der Waals surface area contributed by atoms with Gasteiger partial charge in [-0.1, -0.05) is 34.6 Å². The van der Waals surface area contributed by atoms with E-state index in [1.807, 2.05) is 6.92 Å². The van der Waals surface area contributed by atoms with E-state index in [9.17, 15) is 4.39 Å². The first-order valence-electron chi connectivity index (χ1n) is 5.30. The Labute approximate surface area is 118 Å². The first-order chi connectivity index (χ1) is 8.63. The van der Waals surface area contributed by atoms with Gasteiger partial charge < -0.3 is 5.32 Å². The lowest BCUT2D eigenvalue weighted by Gasteiger charge is -2.05. The van der Waals surface area contributed by atoms with Crippen molar-refractivity contribution >= 4 is 34.7 Å². The van der Waals surface area contributed by atoms with E-state index in [1.54, 1.807) is 0 Å². The zero-order valence-corrected chi connectivity index (χ0v) is 11.8. The van der Waals surface area contributed by atoms with Gasteiger partial charge in [-0.05, 0) is 30.2 Å². The third-order valence-corrected chi connectivity index (χ3v) is 3.68. The van der Waals surface area contributed by atoms with Gasteiger partial charge in [0.2, 0.25) is 0 Å². The number of nitrogens with zero attached hydrogens (tertiary/aromatic N) is 2. The van der Waals surface area contributed by atoms with E-state index in [2.05, 4.69) is 14.9 Å². The Hall–Kier alpha value is -0.750. The largest absolute Gasteiger partial charge is 0.312 e. The van der Waals surface area contributed by atoms with Crippen LogP contribution in [0.4, 0.5) is 4.39 Å². The summed E-state index contributed by atoms with van der Waals surface area (Å²) in [5.41, 5.74) is 1.11. The lowest BCUT2D eigenvalue weighted by atomic mass is 10.1. The minimum Gasteiger partial charge on any atom is -0.312 e. The van der Waals surface area contributed by atoms with Crippen LogP contribution in [0.25, 0.3) is 11.3 Å². The van der Waals surface area contributed by atoms with Gasteiger partial charge in [0.05, 0.1) is 14.9 Å². The summed E-state index contributed by atoms with van der Waals surface area (Å²) in [6.07, 6.45) is 0. The summed E-state index contributed by atoms with van der Waals surface area (Å²) in [6.45, 7) is 3.47. The van der Waals surface area contributed by atoms with Crippen LogP contribution < -0.4 is 5.32 Å². The van der Waals surface area contributed by atoms with Crippen LogP contribution in [-0.4, -0.2) is 16.1 Å². The highest BCUT2D eigenvalue weighted by atomic mass is 35.5. The minimum atomic E-state index is -0.515. The summed E-state index contributed by atoms with van der Waals surface area (Å²) in [5.74, 6) is -0.515. The molecule has 1 aromatic carbocycles. The second-order valence-corrected chi connectivity index (χ2v) is 5.22. The van der Waals surface area contributed by atoms with Crippen LogP contribution in [-0.2, 0) is 6.54 Å². The van der Waals surface area contributed by atoms with Crippen LogP contribution in [0.5, 0.6) is 0 Å². The number of benzene rings is 1. The van der Waals surface area contributed by atoms with Crippen LogP contribution in [0, 0.1) is 5.82 Å². The predicted octanol–water partition coefficient (Wildman–Crippen LogP) is 3.76. The third kappa shape index (κ3) is 2.80. The quantitative estimate of drug-likeness (QED) is 0.874. The predicted molar refractivity (Wildman–Crippen MR) is 72.7 cm³/mol. The lowest BCUT2D eigenvalue weighted by molar-refractivity contribution is 0.628. The summed E-state index contributed by atoms with van der Waals surface area (Å²) >= 11 is 13.0. The van der Waals surface area contributed by atoms with Crippen molar-refractivity contribution in [3.63, 3.8) is 0 Å². The third-order valence-electron chi connectivity index (χ3n) is 2.36. The van der Waals surface area contributed by atoms with Gasteiger partial charge in [0.1, 0.15) is 11.5 Å². The molecule has 1 aromatic heterocycles. The summed E-state index contributed by atoms with van der Waals surface area (Å²) in [6, 6.07) is 2.67. The van der Waals surface area contributed by atoms with Crippen molar-refractivity contribution in [2.75, 3.05) is 6.54 Å². The number of halogens is 3. The Balaban J connectivity index is 2.42. The summed E-state index contributed by atoms with van der Waals surface area (Å²) < 4.78 is 17.4. The van der Waals surface area contributed by atoms with Gasteiger partial charge in [0.25, 0.3) is 0 Å². The molecule has 0 saturated carbocycles. The molecule has 0 bridgehead atoms. The highest BCUT2D eigenvalue weighted by molar-refractivity contribution is 7.06. The number of rotatable bonds is 4. The van der Waals surface area contributed by atoms with Gasteiger partial charge in [-0.2, -0.15) is 0 Å². The highest BCUT2D eigenvalue weighted by Crippen LogP contribution is 2.33. The number of hydrogen-bond acceptors (Lipinski definition) is 4. The summed E-state index contributed by atoms with van der Waals surface area (Å²) in [5, 5.41) is 7.55. The topological polar surface area (TPSA) is 37.8 Å². The van der Waals surface area contributed by atoms with Crippen LogP contribution >= 0.6 is 34.7 Å². The van der Waals surface area contributed by atoms with Crippen molar-refractivity contribution in [2.45, 2.75) is 13.5 Å². The molecule has 96 valence electrons. The smallest absolute Gasteiger partial charge is 0.142 e. The number of hydrogen-bond donors (Lipinski definition) is 1. The number of nitrogens with one attached hydrogen (secondary N) is 1. The average molecular weight is 306 g/mol. The molecule has 0 radical (unpaired) electrons. The maximum absolute atomic E-state index is 13.5. The molecule has 0 unspecified atom stereocenters. The fourth-order valence-electron chi connectivity index (χ4n) is 1.47. The Morgan fingerprint density at radius 2 is 2.11 bits per heavy atom. The monoisotopic (exact) mass is 305 g/mol. The van der Waals surface area contributed by atoms with Gasteiger partial charge >= 0.3 is 0 Å². The molecule has 18 heavy (non-hydrogen) atoms. The first kappa shape index (κ1) is 13.7. The molecule has 1 heterocycles. The highest BCUT2D eigenvalue weighted by Gasteiger charge is 2.15. The molecule has 0 fully saturated rings. The molecule has 2 rings (SSSR count). The Morgan fingerprint density at radius 3 is 2.83 bits per heavy atom.